The maximum atomic E-state index is 13.3. The molecule has 0 radical (unpaired) electrons. The molecule has 0 unspecified atom stereocenters. The van der Waals surface area contributed by atoms with Crippen LogP contribution < -0.4 is 9.64 Å². The predicted molar refractivity (Wildman–Crippen MR) is 88.9 cm³/mol. The second-order valence-electron chi connectivity index (χ2n) is 6.18. The highest BCUT2D eigenvalue weighted by atomic mass is 19.4. The Hall–Kier alpha value is -2.57. The van der Waals surface area contributed by atoms with Crippen LogP contribution in [0.2, 0.25) is 0 Å². The normalized spacial score (nSPS) is 13.7. The number of benzene rings is 2. The predicted octanol–water partition coefficient (Wildman–Crippen LogP) is 4.07. The minimum Gasteiger partial charge on any atom is -0.496 e. The molecule has 0 aliphatic carbocycles. The highest BCUT2D eigenvalue weighted by molar-refractivity contribution is 5.97. The number of fused-ring (bicyclic) bond motifs is 1. The van der Waals surface area contributed by atoms with Crippen molar-refractivity contribution in [3.05, 3.63) is 58.9 Å². The SMILES string of the molecule is COc1cc(F)ccc1CC(=O)N1CCc2ccc(CC(F)(F)F)cc21. The first-order chi connectivity index (χ1) is 12.3. The maximum absolute atomic E-state index is 13.3. The molecule has 2 aromatic rings. The lowest BCUT2D eigenvalue weighted by Gasteiger charge is -2.19. The second-order valence-corrected chi connectivity index (χ2v) is 6.18. The van der Waals surface area contributed by atoms with E-state index in [0.29, 0.717) is 24.2 Å². The van der Waals surface area contributed by atoms with E-state index in [1.54, 1.807) is 6.07 Å². The van der Waals surface area contributed by atoms with E-state index in [0.717, 1.165) is 5.56 Å². The lowest BCUT2D eigenvalue weighted by molar-refractivity contribution is -0.127. The van der Waals surface area contributed by atoms with Crippen LogP contribution in [0, 0.1) is 5.82 Å². The van der Waals surface area contributed by atoms with Gasteiger partial charge in [0.15, 0.2) is 0 Å². The van der Waals surface area contributed by atoms with Gasteiger partial charge in [0.1, 0.15) is 11.6 Å². The molecule has 1 heterocycles. The molecule has 0 saturated carbocycles. The summed E-state index contributed by atoms with van der Waals surface area (Å²) in [5.41, 5.74) is 2.00. The molecule has 0 spiro atoms. The molecule has 3 nitrogen and oxygen atoms in total. The molecular formula is C19H17F4NO2. The van der Waals surface area contributed by atoms with E-state index in [-0.39, 0.29) is 23.6 Å². The van der Waals surface area contributed by atoms with Gasteiger partial charge in [0.2, 0.25) is 5.91 Å². The molecule has 0 fully saturated rings. The highest BCUT2D eigenvalue weighted by Crippen LogP contribution is 2.32. The third-order valence-corrected chi connectivity index (χ3v) is 4.34. The summed E-state index contributed by atoms with van der Waals surface area (Å²) in [6.07, 6.45) is -4.77. The molecular weight excluding hydrogens is 350 g/mol. The van der Waals surface area contributed by atoms with E-state index in [4.69, 9.17) is 4.74 Å². The van der Waals surface area contributed by atoms with Gasteiger partial charge in [-0.15, -0.1) is 0 Å². The number of anilines is 1. The van der Waals surface area contributed by atoms with Gasteiger partial charge in [0.25, 0.3) is 0 Å². The molecule has 1 aliphatic heterocycles. The van der Waals surface area contributed by atoms with Crippen LogP contribution in [0.4, 0.5) is 23.2 Å². The fraction of sp³-hybridized carbons (Fsp3) is 0.316. The Bertz CT molecular complexity index is 833. The Morgan fingerprint density at radius 2 is 1.96 bits per heavy atom. The Kier molecular flexibility index (Phi) is 4.89. The number of hydrogen-bond acceptors (Lipinski definition) is 2. The summed E-state index contributed by atoms with van der Waals surface area (Å²) in [6.45, 7) is 0.410. The van der Waals surface area contributed by atoms with Crippen molar-refractivity contribution >= 4 is 11.6 Å². The van der Waals surface area contributed by atoms with Crippen molar-refractivity contribution in [3.8, 4) is 5.75 Å². The van der Waals surface area contributed by atoms with Crippen molar-refractivity contribution in [2.75, 3.05) is 18.6 Å². The molecule has 0 saturated heterocycles. The average molecular weight is 367 g/mol. The summed E-state index contributed by atoms with van der Waals surface area (Å²) in [5, 5.41) is 0. The van der Waals surface area contributed by atoms with Gasteiger partial charge in [-0.05, 0) is 29.7 Å². The van der Waals surface area contributed by atoms with Crippen LogP contribution in [0.3, 0.4) is 0 Å². The van der Waals surface area contributed by atoms with Crippen LogP contribution in [0.25, 0.3) is 0 Å². The lowest BCUT2D eigenvalue weighted by Crippen LogP contribution is -2.30. The minimum absolute atomic E-state index is 0.0214. The summed E-state index contributed by atoms with van der Waals surface area (Å²) >= 11 is 0. The van der Waals surface area contributed by atoms with Crippen molar-refractivity contribution in [2.45, 2.75) is 25.4 Å². The standard InChI is InChI=1S/C19H17F4NO2/c1-26-17-10-15(20)5-4-14(17)9-18(25)24-7-6-13-3-2-12(8-16(13)24)11-19(21,22)23/h2-5,8,10H,6-7,9,11H2,1H3. The van der Waals surface area contributed by atoms with E-state index >= 15 is 0 Å². The van der Waals surface area contributed by atoms with Crippen molar-refractivity contribution < 1.29 is 27.1 Å². The van der Waals surface area contributed by atoms with Gasteiger partial charge in [-0.1, -0.05) is 18.2 Å². The van der Waals surface area contributed by atoms with E-state index in [1.807, 2.05) is 0 Å². The fourth-order valence-electron chi connectivity index (χ4n) is 3.15. The molecule has 0 N–H and O–H groups in total. The van der Waals surface area contributed by atoms with E-state index in [2.05, 4.69) is 0 Å². The van der Waals surface area contributed by atoms with Gasteiger partial charge < -0.3 is 9.64 Å². The second kappa shape index (κ2) is 6.97. The summed E-state index contributed by atoms with van der Waals surface area (Å²) < 4.78 is 56.3. The quantitative estimate of drug-likeness (QED) is 0.763. The van der Waals surface area contributed by atoms with Crippen molar-refractivity contribution in [3.63, 3.8) is 0 Å². The minimum atomic E-state index is -4.30. The van der Waals surface area contributed by atoms with Crippen LogP contribution in [0.1, 0.15) is 16.7 Å². The maximum Gasteiger partial charge on any atom is 0.393 e. The highest BCUT2D eigenvalue weighted by Gasteiger charge is 2.30. The molecule has 26 heavy (non-hydrogen) atoms. The molecule has 0 atom stereocenters. The first kappa shape index (κ1) is 18.2. The molecule has 1 aliphatic rings. The Labute approximate surface area is 148 Å². The average Bonchev–Trinajstić information content (AvgIpc) is 2.98. The molecule has 7 heteroatoms. The van der Waals surface area contributed by atoms with E-state index in [1.165, 1.54) is 42.3 Å². The summed E-state index contributed by atoms with van der Waals surface area (Å²) in [5.74, 6) is -0.470. The van der Waals surface area contributed by atoms with Gasteiger partial charge in [0.05, 0.1) is 20.0 Å². The third-order valence-electron chi connectivity index (χ3n) is 4.34. The zero-order valence-electron chi connectivity index (χ0n) is 14.1. The zero-order chi connectivity index (χ0) is 18.9. The largest absolute Gasteiger partial charge is 0.496 e. The molecule has 2 aromatic carbocycles. The number of alkyl halides is 3. The van der Waals surface area contributed by atoms with Crippen LogP contribution in [-0.2, 0) is 24.1 Å². The number of ether oxygens (including phenoxy) is 1. The monoisotopic (exact) mass is 367 g/mol. The van der Waals surface area contributed by atoms with Crippen LogP contribution >= 0.6 is 0 Å². The van der Waals surface area contributed by atoms with Crippen molar-refractivity contribution in [1.82, 2.24) is 0 Å². The first-order valence-electron chi connectivity index (χ1n) is 8.08. The number of nitrogens with zero attached hydrogens (tertiary/aromatic N) is 1. The number of halogens is 4. The zero-order valence-corrected chi connectivity index (χ0v) is 14.1. The van der Waals surface area contributed by atoms with E-state index in [9.17, 15) is 22.4 Å². The molecule has 3 rings (SSSR count). The number of carbonyl (C=O) groups is 1. The lowest BCUT2D eigenvalue weighted by atomic mass is 10.1. The van der Waals surface area contributed by atoms with Gasteiger partial charge >= 0.3 is 6.18 Å². The number of amides is 1. The first-order valence-corrected chi connectivity index (χ1v) is 8.08. The fourth-order valence-corrected chi connectivity index (χ4v) is 3.15. The topological polar surface area (TPSA) is 29.5 Å². The molecule has 138 valence electrons. The summed E-state index contributed by atoms with van der Waals surface area (Å²) in [6, 6.07) is 8.43. The van der Waals surface area contributed by atoms with Gasteiger partial charge in [-0.3, -0.25) is 4.79 Å². The van der Waals surface area contributed by atoms with Crippen LogP contribution in [0.15, 0.2) is 36.4 Å². The Balaban J connectivity index is 1.82. The van der Waals surface area contributed by atoms with Crippen LogP contribution in [-0.4, -0.2) is 25.7 Å². The van der Waals surface area contributed by atoms with Crippen LogP contribution in [0.5, 0.6) is 5.75 Å². The Morgan fingerprint density at radius 3 is 2.65 bits per heavy atom. The van der Waals surface area contributed by atoms with Gasteiger partial charge in [0, 0.05) is 23.9 Å². The number of methoxy groups -OCH3 is 1. The number of hydrogen-bond donors (Lipinski definition) is 0. The number of carbonyl (C=O) groups excluding carboxylic acids is 1. The number of rotatable bonds is 4. The molecule has 0 bridgehead atoms. The van der Waals surface area contributed by atoms with E-state index < -0.39 is 18.4 Å². The smallest absolute Gasteiger partial charge is 0.393 e. The van der Waals surface area contributed by atoms with Crippen molar-refractivity contribution in [2.24, 2.45) is 0 Å². The van der Waals surface area contributed by atoms with Crippen molar-refractivity contribution in [1.29, 1.82) is 0 Å². The molecule has 0 aromatic heterocycles. The third kappa shape index (κ3) is 3.98. The Morgan fingerprint density at radius 1 is 1.19 bits per heavy atom. The van der Waals surface area contributed by atoms with Gasteiger partial charge in [-0.2, -0.15) is 13.2 Å². The summed E-state index contributed by atoms with van der Waals surface area (Å²) in [4.78, 5) is 14.2. The summed E-state index contributed by atoms with van der Waals surface area (Å²) in [7, 11) is 1.39. The van der Waals surface area contributed by atoms with Gasteiger partial charge in [-0.25, -0.2) is 4.39 Å². The molecule has 1 amide bonds.